The van der Waals surface area contributed by atoms with Crippen LogP contribution in [0.15, 0.2) is 18.2 Å². The summed E-state index contributed by atoms with van der Waals surface area (Å²) in [5.41, 5.74) is -0.315. The molecular weight excluding hydrogens is 281 g/mol. The minimum absolute atomic E-state index is 0.115. The van der Waals surface area contributed by atoms with E-state index in [0.29, 0.717) is 13.1 Å². The standard InChI is InChI=1S/C13H14FN3O4/c14-8-1-2-9(12(19)20)10(7-8)16-13(21)17-5-3-11(18)15-4-6-17/h1-2,7H,3-6H2,(H,15,18)(H,16,21)(H,19,20). The van der Waals surface area contributed by atoms with E-state index >= 15 is 0 Å². The van der Waals surface area contributed by atoms with Crippen LogP contribution in [0.25, 0.3) is 0 Å². The van der Waals surface area contributed by atoms with Gasteiger partial charge in [0.15, 0.2) is 0 Å². The van der Waals surface area contributed by atoms with E-state index in [9.17, 15) is 18.8 Å². The second-order valence-corrected chi connectivity index (χ2v) is 4.51. The molecule has 0 atom stereocenters. The molecule has 1 aliphatic rings. The number of nitrogens with one attached hydrogen (secondary N) is 2. The van der Waals surface area contributed by atoms with E-state index in [4.69, 9.17) is 5.11 Å². The van der Waals surface area contributed by atoms with Crippen molar-refractivity contribution in [2.75, 3.05) is 25.0 Å². The van der Waals surface area contributed by atoms with Gasteiger partial charge in [-0.1, -0.05) is 0 Å². The zero-order valence-corrected chi connectivity index (χ0v) is 11.1. The van der Waals surface area contributed by atoms with Gasteiger partial charge in [0.25, 0.3) is 0 Å². The van der Waals surface area contributed by atoms with Crippen molar-refractivity contribution in [3.8, 4) is 0 Å². The molecule has 1 heterocycles. The number of carboxylic acids is 1. The SMILES string of the molecule is O=C1CCN(C(=O)Nc2cc(F)ccc2C(=O)O)CCN1. The molecule has 1 aliphatic heterocycles. The molecule has 0 radical (unpaired) electrons. The molecule has 7 nitrogen and oxygen atoms in total. The number of urea groups is 1. The Morgan fingerprint density at radius 2 is 2.10 bits per heavy atom. The molecule has 2 rings (SSSR count). The molecule has 0 spiro atoms. The Kier molecular flexibility index (Phi) is 4.36. The van der Waals surface area contributed by atoms with Crippen molar-refractivity contribution in [3.05, 3.63) is 29.6 Å². The number of amides is 3. The Morgan fingerprint density at radius 1 is 1.33 bits per heavy atom. The lowest BCUT2D eigenvalue weighted by molar-refractivity contribution is -0.120. The van der Waals surface area contributed by atoms with Crippen molar-refractivity contribution >= 4 is 23.6 Å². The Balaban J connectivity index is 2.13. The number of benzene rings is 1. The van der Waals surface area contributed by atoms with Crippen LogP contribution in [-0.4, -0.2) is 47.5 Å². The van der Waals surface area contributed by atoms with E-state index in [0.717, 1.165) is 18.2 Å². The number of hydrogen-bond donors (Lipinski definition) is 3. The fraction of sp³-hybridized carbons (Fsp3) is 0.308. The van der Waals surface area contributed by atoms with Crippen LogP contribution in [0.5, 0.6) is 0 Å². The highest BCUT2D eigenvalue weighted by atomic mass is 19.1. The molecule has 21 heavy (non-hydrogen) atoms. The molecule has 3 amide bonds. The lowest BCUT2D eigenvalue weighted by Crippen LogP contribution is -2.37. The molecule has 0 bridgehead atoms. The van der Waals surface area contributed by atoms with E-state index in [-0.39, 0.29) is 30.1 Å². The molecule has 0 aromatic heterocycles. The highest BCUT2D eigenvalue weighted by Crippen LogP contribution is 2.18. The number of carbonyl (C=O) groups is 3. The number of rotatable bonds is 2. The molecule has 3 N–H and O–H groups in total. The van der Waals surface area contributed by atoms with Crippen LogP contribution in [0.4, 0.5) is 14.9 Å². The molecule has 0 unspecified atom stereocenters. The van der Waals surface area contributed by atoms with Gasteiger partial charge < -0.3 is 20.6 Å². The third-order valence-electron chi connectivity index (χ3n) is 3.05. The monoisotopic (exact) mass is 295 g/mol. The first-order valence-corrected chi connectivity index (χ1v) is 6.33. The minimum Gasteiger partial charge on any atom is -0.478 e. The Bertz CT molecular complexity index is 591. The number of anilines is 1. The minimum atomic E-state index is -1.27. The average Bonchev–Trinajstić information content (AvgIpc) is 2.63. The first kappa shape index (κ1) is 14.8. The fourth-order valence-electron chi connectivity index (χ4n) is 1.97. The zero-order valence-electron chi connectivity index (χ0n) is 11.1. The first-order valence-electron chi connectivity index (χ1n) is 6.33. The quantitative estimate of drug-likeness (QED) is 0.754. The van der Waals surface area contributed by atoms with Gasteiger partial charge in [0.05, 0.1) is 11.3 Å². The Morgan fingerprint density at radius 3 is 2.81 bits per heavy atom. The van der Waals surface area contributed by atoms with Crippen LogP contribution in [-0.2, 0) is 4.79 Å². The summed E-state index contributed by atoms with van der Waals surface area (Å²) in [5, 5.41) is 14.0. The molecule has 1 aromatic carbocycles. The van der Waals surface area contributed by atoms with Gasteiger partial charge in [0.1, 0.15) is 5.82 Å². The first-order chi connectivity index (χ1) is 9.97. The highest BCUT2D eigenvalue weighted by Gasteiger charge is 2.20. The fourth-order valence-corrected chi connectivity index (χ4v) is 1.97. The van der Waals surface area contributed by atoms with E-state index in [1.807, 2.05) is 0 Å². The summed E-state index contributed by atoms with van der Waals surface area (Å²) in [6.45, 7) is 0.839. The maximum Gasteiger partial charge on any atom is 0.337 e. The van der Waals surface area contributed by atoms with Crippen molar-refractivity contribution in [2.45, 2.75) is 6.42 Å². The number of aromatic carboxylic acids is 1. The Hall–Kier alpha value is -2.64. The van der Waals surface area contributed by atoms with E-state index in [1.54, 1.807) is 0 Å². The number of hydrogen-bond acceptors (Lipinski definition) is 3. The van der Waals surface area contributed by atoms with Gasteiger partial charge in [-0.05, 0) is 18.2 Å². The van der Waals surface area contributed by atoms with Crippen LogP contribution in [0.2, 0.25) is 0 Å². The van der Waals surface area contributed by atoms with Crippen molar-refractivity contribution < 1.29 is 23.9 Å². The van der Waals surface area contributed by atoms with Crippen molar-refractivity contribution in [1.82, 2.24) is 10.2 Å². The average molecular weight is 295 g/mol. The number of carboxylic acid groups (broad SMARTS) is 1. The lowest BCUT2D eigenvalue weighted by atomic mass is 10.1. The maximum absolute atomic E-state index is 13.2. The summed E-state index contributed by atoms with van der Waals surface area (Å²) in [6.07, 6.45) is 0.169. The van der Waals surface area contributed by atoms with Crippen LogP contribution >= 0.6 is 0 Å². The van der Waals surface area contributed by atoms with Crippen molar-refractivity contribution in [2.24, 2.45) is 0 Å². The molecule has 8 heteroatoms. The van der Waals surface area contributed by atoms with Gasteiger partial charge in [-0.3, -0.25) is 4.79 Å². The number of nitrogens with zero attached hydrogens (tertiary/aromatic N) is 1. The van der Waals surface area contributed by atoms with Crippen LogP contribution in [0, 0.1) is 5.82 Å². The second-order valence-electron chi connectivity index (χ2n) is 4.51. The second kappa shape index (κ2) is 6.21. The normalized spacial score (nSPS) is 15.1. The number of carbonyl (C=O) groups excluding carboxylic acids is 2. The number of halogens is 1. The van der Waals surface area contributed by atoms with Gasteiger partial charge in [-0.25, -0.2) is 14.0 Å². The van der Waals surface area contributed by atoms with E-state index in [1.165, 1.54) is 4.90 Å². The highest BCUT2D eigenvalue weighted by molar-refractivity contribution is 6.00. The molecule has 1 fully saturated rings. The van der Waals surface area contributed by atoms with Gasteiger partial charge in [-0.2, -0.15) is 0 Å². The van der Waals surface area contributed by atoms with E-state index in [2.05, 4.69) is 10.6 Å². The molecule has 112 valence electrons. The van der Waals surface area contributed by atoms with Gasteiger partial charge >= 0.3 is 12.0 Å². The Labute approximate surface area is 119 Å². The predicted molar refractivity (Wildman–Crippen MR) is 71.6 cm³/mol. The van der Waals surface area contributed by atoms with Gasteiger partial charge in [-0.15, -0.1) is 0 Å². The summed E-state index contributed by atoms with van der Waals surface area (Å²) in [6, 6.07) is 2.47. The van der Waals surface area contributed by atoms with Gasteiger partial charge in [0.2, 0.25) is 5.91 Å². The summed E-state index contributed by atoms with van der Waals surface area (Å²) in [5.74, 6) is -2.07. The van der Waals surface area contributed by atoms with E-state index < -0.39 is 17.8 Å². The summed E-state index contributed by atoms with van der Waals surface area (Å²) < 4.78 is 13.2. The van der Waals surface area contributed by atoms with Crippen LogP contribution in [0.1, 0.15) is 16.8 Å². The van der Waals surface area contributed by atoms with Crippen molar-refractivity contribution in [3.63, 3.8) is 0 Å². The van der Waals surface area contributed by atoms with Crippen molar-refractivity contribution in [1.29, 1.82) is 0 Å². The van der Waals surface area contributed by atoms with Crippen LogP contribution < -0.4 is 10.6 Å². The third-order valence-corrected chi connectivity index (χ3v) is 3.05. The molecule has 1 aromatic rings. The third kappa shape index (κ3) is 3.68. The smallest absolute Gasteiger partial charge is 0.337 e. The maximum atomic E-state index is 13.2. The summed E-state index contributed by atoms with van der Waals surface area (Å²) in [4.78, 5) is 35.7. The lowest BCUT2D eigenvalue weighted by Gasteiger charge is -2.20. The largest absolute Gasteiger partial charge is 0.478 e. The molecule has 0 saturated carbocycles. The zero-order chi connectivity index (χ0) is 15.4. The molecular formula is C13H14FN3O4. The summed E-state index contributed by atoms with van der Waals surface area (Å²) in [7, 11) is 0. The topological polar surface area (TPSA) is 98.7 Å². The van der Waals surface area contributed by atoms with Gasteiger partial charge in [0, 0.05) is 26.1 Å². The van der Waals surface area contributed by atoms with Crippen LogP contribution in [0.3, 0.4) is 0 Å². The molecule has 1 saturated heterocycles. The predicted octanol–water partition coefficient (Wildman–Crippen LogP) is 0.878. The molecule has 0 aliphatic carbocycles. The summed E-state index contributed by atoms with van der Waals surface area (Å²) >= 11 is 0.